The summed E-state index contributed by atoms with van der Waals surface area (Å²) in [6.07, 6.45) is 7.39. The predicted molar refractivity (Wildman–Crippen MR) is 244 cm³/mol. The van der Waals surface area contributed by atoms with Crippen molar-refractivity contribution in [1.29, 1.82) is 0 Å². The molecule has 0 aliphatic carbocycles. The van der Waals surface area contributed by atoms with Gasteiger partial charge >= 0.3 is 0 Å². The molecule has 7 N–H and O–H groups in total. The van der Waals surface area contributed by atoms with E-state index in [1.807, 2.05) is 42.5 Å². The summed E-state index contributed by atoms with van der Waals surface area (Å²) in [5, 5.41) is 48.1. The van der Waals surface area contributed by atoms with E-state index in [2.05, 4.69) is 50.4 Å². The Morgan fingerprint density at radius 3 is 2.27 bits per heavy atom. The summed E-state index contributed by atoms with van der Waals surface area (Å²) in [5.74, 6) is 1.83. The molecule has 1 saturated heterocycles. The van der Waals surface area contributed by atoms with E-state index in [1.165, 1.54) is 16.7 Å². The molecule has 3 heterocycles. The number of hydrogen-bond donors (Lipinski definition) is 7. The van der Waals surface area contributed by atoms with Gasteiger partial charge in [-0.05, 0) is 98.4 Å². The van der Waals surface area contributed by atoms with Crippen molar-refractivity contribution < 1.29 is 47.8 Å². The van der Waals surface area contributed by atoms with E-state index >= 15 is 0 Å². The molecule has 0 spiro atoms. The zero-order valence-electron chi connectivity index (χ0n) is 37.0. The van der Waals surface area contributed by atoms with Gasteiger partial charge in [-0.2, -0.15) is 0 Å². The van der Waals surface area contributed by atoms with Crippen molar-refractivity contribution in [3.8, 4) is 11.5 Å². The first-order valence-electron chi connectivity index (χ1n) is 22.5. The number of unbranched alkanes of at least 4 members (excludes halogenated alkanes) is 4. The number of nitrogens with zero attached hydrogens (tertiary/aromatic N) is 3. The third kappa shape index (κ3) is 15.1. The van der Waals surface area contributed by atoms with Gasteiger partial charge in [0.2, 0.25) is 16.0 Å². The fraction of sp³-hybridized carbons (Fsp3) is 0.532. The second-order valence-electron chi connectivity index (χ2n) is 16.6. The van der Waals surface area contributed by atoms with Crippen LogP contribution in [-0.2, 0) is 32.5 Å². The zero-order chi connectivity index (χ0) is 45.3. The summed E-state index contributed by atoms with van der Waals surface area (Å²) < 4.78 is 49.1. The number of benzene rings is 3. The third-order valence-corrected chi connectivity index (χ3v) is 12.0. The number of sulfonamides is 1. The molecule has 3 aromatic carbocycles. The first-order chi connectivity index (χ1) is 30.9. The number of piperidine rings is 1. The number of aliphatic hydroxyl groups is 4. The molecule has 350 valence electrons. The van der Waals surface area contributed by atoms with Crippen molar-refractivity contribution in [2.45, 2.75) is 115 Å². The molecule has 2 aliphatic rings. The lowest BCUT2D eigenvalue weighted by atomic mass is 9.93. The topological polar surface area (TPSA) is 217 Å². The summed E-state index contributed by atoms with van der Waals surface area (Å²) >= 11 is 0. The molecule has 17 heteroatoms. The Labute approximate surface area is 377 Å². The number of anilines is 2. The van der Waals surface area contributed by atoms with Gasteiger partial charge in [-0.1, -0.05) is 62.6 Å². The molecule has 1 fully saturated rings. The highest BCUT2D eigenvalue weighted by atomic mass is 32.2. The van der Waals surface area contributed by atoms with Crippen molar-refractivity contribution >= 4 is 21.7 Å². The number of aliphatic hydroxyl groups excluding tert-OH is 4. The van der Waals surface area contributed by atoms with Crippen LogP contribution < -0.4 is 24.8 Å². The van der Waals surface area contributed by atoms with Crippen LogP contribution in [0, 0.1) is 0 Å². The molecule has 6 rings (SSSR count). The van der Waals surface area contributed by atoms with Gasteiger partial charge < -0.3 is 44.7 Å². The molecule has 0 bridgehead atoms. The minimum absolute atomic E-state index is 0.0140. The minimum Gasteiger partial charge on any atom is -0.494 e. The second kappa shape index (κ2) is 24.7. The largest absolute Gasteiger partial charge is 0.494 e. The fourth-order valence-electron chi connectivity index (χ4n) is 8.10. The van der Waals surface area contributed by atoms with E-state index in [4.69, 9.17) is 18.9 Å². The Balaban J connectivity index is 0.746. The summed E-state index contributed by atoms with van der Waals surface area (Å²) in [4.78, 5) is 9.71. The molecule has 6 atom stereocenters. The number of hydrogen-bond acceptors (Lipinski definition) is 15. The van der Waals surface area contributed by atoms with Gasteiger partial charge in [-0.25, -0.2) is 23.3 Å². The van der Waals surface area contributed by atoms with Crippen LogP contribution in [0.2, 0.25) is 0 Å². The van der Waals surface area contributed by atoms with Gasteiger partial charge in [-0.3, -0.25) is 10.0 Å². The highest BCUT2D eigenvalue weighted by molar-refractivity contribution is 7.92. The Hall–Kier alpha value is -4.43. The van der Waals surface area contributed by atoms with E-state index in [9.17, 15) is 28.8 Å². The van der Waals surface area contributed by atoms with Crippen LogP contribution >= 0.6 is 0 Å². The monoisotopic (exact) mass is 906 g/mol. The van der Waals surface area contributed by atoms with Gasteiger partial charge in [0.25, 0.3) is 0 Å². The van der Waals surface area contributed by atoms with Gasteiger partial charge in [0.05, 0.1) is 24.6 Å². The molecule has 1 aromatic heterocycles. The van der Waals surface area contributed by atoms with E-state index in [0.29, 0.717) is 62.6 Å². The average Bonchev–Trinajstić information content (AvgIpc) is 3.51. The Morgan fingerprint density at radius 1 is 0.797 bits per heavy atom. The van der Waals surface area contributed by atoms with Crippen molar-refractivity contribution in [1.82, 2.24) is 20.2 Å². The standard InChI is InChI=1S/C47H66N6O10S/c1-33(38-12-6-7-13-42(38)63-32-36-22-24-49-47(50-36)52-64(2,58)59)30-34-14-17-37(18-15-34)62-29-9-5-3-4-8-25-60-27-11-28-61-26-10-23-48-35-16-19-39-40(31-35)46(57)53(45(39)56)41-20-21-43(54)51-44(41)55/h6-7,12-19,22,24,31,33,41,43-46,48,51,54-57H,3-5,8-11,20-21,23,25-30,32H2,1-2H3,(H,49,50,52). The average molecular weight is 907 g/mol. The molecule has 0 amide bonds. The van der Waals surface area contributed by atoms with Crippen LogP contribution in [0.5, 0.6) is 11.5 Å². The van der Waals surface area contributed by atoms with Crippen molar-refractivity contribution in [3.63, 3.8) is 0 Å². The molecule has 6 unspecified atom stereocenters. The first kappa shape index (κ1) is 49.0. The Kier molecular flexibility index (Phi) is 19.0. The minimum atomic E-state index is -3.48. The number of rotatable bonds is 27. The third-order valence-electron chi connectivity index (χ3n) is 11.4. The van der Waals surface area contributed by atoms with Gasteiger partial charge in [0.1, 0.15) is 43.0 Å². The zero-order valence-corrected chi connectivity index (χ0v) is 37.8. The summed E-state index contributed by atoms with van der Waals surface area (Å²) in [6, 6.07) is 22.9. The number of para-hydroxylation sites is 1. The molecule has 64 heavy (non-hydrogen) atoms. The van der Waals surface area contributed by atoms with Gasteiger partial charge in [-0.15, -0.1) is 0 Å². The highest BCUT2D eigenvalue weighted by Crippen LogP contribution is 2.43. The van der Waals surface area contributed by atoms with Crippen LogP contribution in [0.25, 0.3) is 0 Å². The van der Waals surface area contributed by atoms with E-state index < -0.39 is 41.0 Å². The lowest BCUT2D eigenvalue weighted by Gasteiger charge is -2.40. The van der Waals surface area contributed by atoms with Crippen molar-refractivity contribution in [2.75, 3.05) is 55.9 Å². The van der Waals surface area contributed by atoms with Gasteiger partial charge in [0.15, 0.2) is 0 Å². The Bertz CT molecular complexity index is 2130. The molecule has 0 saturated carbocycles. The predicted octanol–water partition coefficient (Wildman–Crippen LogP) is 5.71. The molecule has 16 nitrogen and oxygen atoms in total. The van der Waals surface area contributed by atoms with Crippen LogP contribution in [0.15, 0.2) is 79.0 Å². The summed E-state index contributed by atoms with van der Waals surface area (Å²) in [6.45, 7) is 6.44. The first-order valence-corrected chi connectivity index (χ1v) is 24.4. The van der Waals surface area contributed by atoms with E-state index in [0.717, 1.165) is 87.0 Å². The van der Waals surface area contributed by atoms with Crippen molar-refractivity contribution in [2.24, 2.45) is 0 Å². The number of ether oxygens (including phenoxy) is 4. The maximum atomic E-state index is 11.6. The highest BCUT2D eigenvalue weighted by Gasteiger charge is 2.44. The van der Waals surface area contributed by atoms with E-state index in [1.54, 1.807) is 12.1 Å². The van der Waals surface area contributed by atoms with Crippen LogP contribution in [0.1, 0.15) is 111 Å². The second-order valence-corrected chi connectivity index (χ2v) is 18.4. The maximum absolute atomic E-state index is 11.6. The molecule has 0 radical (unpaired) electrons. The number of nitrogens with one attached hydrogen (secondary N) is 3. The van der Waals surface area contributed by atoms with Crippen LogP contribution in [-0.4, -0.2) is 108 Å². The normalized spacial score (nSPS) is 20.4. The molecular weight excluding hydrogens is 841 g/mol. The lowest BCUT2D eigenvalue weighted by molar-refractivity contribution is -0.159. The SMILES string of the molecule is CC(Cc1ccc(OCCCCCCCOCCCOCCCNc2ccc3c(c2)C(O)N(C2CCC(O)NC2O)C3O)cc1)c1ccccc1OCc1ccnc(NS(C)(=O)=O)n1. The van der Waals surface area contributed by atoms with Crippen LogP contribution in [0.4, 0.5) is 11.6 Å². The number of fused-ring (bicyclic) bond motifs is 1. The molecule has 2 aliphatic heterocycles. The molecule has 4 aromatic rings. The Morgan fingerprint density at radius 2 is 1.50 bits per heavy atom. The smallest absolute Gasteiger partial charge is 0.236 e. The summed E-state index contributed by atoms with van der Waals surface area (Å²) in [5.41, 5.74) is 4.90. The van der Waals surface area contributed by atoms with Gasteiger partial charge in [0, 0.05) is 56.0 Å². The molecular formula is C47H66N6O10S. The fourth-order valence-corrected chi connectivity index (χ4v) is 8.53. The quantitative estimate of drug-likeness (QED) is 0.0357. The number of aromatic nitrogens is 2. The van der Waals surface area contributed by atoms with Crippen molar-refractivity contribution in [3.05, 3.63) is 107 Å². The lowest BCUT2D eigenvalue weighted by Crippen LogP contribution is -2.57. The van der Waals surface area contributed by atoms with Crippen LogP contribution in [0.3, 0.4) is 0 Å². The maximum Gasteiger partial charge on any atom is 0.236 e. The summed E-state index contributed by atoms with van der Waals surface area (Å²) in [7, 11) is -3.48. The van der Waals surface area contributed by atoms with E-state index in [-0.39, 0.29) is 18.5 Å².